The van der Waals surface area contributed by atoms with Crippen LogP contribution in [0.15, 0.2) is 24.3 Å². The number of morpholine rings is 1. The first-order valence-corrected chi connectivity index (χ1v) is 5.91. The molecule has 1 heterocycles. The molecule has 2 atom stereocenters. The predicted octanol–water partition coefficient (Wildman–Crippen LogP) is 2.05. The van der Waals surface area contributed by atoms with Crippen molar-refractivity contribution in [2.75, 3.05) is 25.4 Å². The Hall–Kier alpha value is -1.06. The van der Waals surface area contributed by atoms with Gasteiger partial charge >= 0.3 is 0 Å². The van der Waals surface area contributed by atoms with Gasteiger partial charge in [0.1, 0.15) is 0 Å². The highest BCUT2D eigenvalue weighted by molar-refractivity contribution is 5.40. The molecule has 1 aromatic rings. The largest absolute Gasteiger partial charge is 0.399 e. The van der Waals surface area contributed by atoms with Gasteiger partial charge in [0.05, 0.1) is 12.7 Å². The van der Waals surface area contributed by atoms with Gasteiger partial charge in [-0.15, -0.1) is 0 Å². The maximum Gasteiger partial charge on any atom is 0.0952 e. The van der Waals surface area contributed by atoms with Gasteiger partial charge in [0, 0.05) is 18.3 Å². The highest BCUT2D eigenvalue weighted by Gasteiger charge is 2.25. The summed E-state index contributed by atoms with van der Waals surface area (Å²) in [4.78, 5) is 2.45. The average molecular weight is 220 g/mol. The van der Waals surface area contributed by atoms with Crippen molar-refractivity contribution < 1.29 is 4.74 Å². The van der Waals surface area contributed by atoms with Crippen LogP contribution in [0.1, 0.15) is 25.5 Å². The number of hydrogen-bond acceptors (Lipinski definition) is 3. The summed E-state index contributed by atoms with van der Waals surface area (Å²) < 4.78 is 5.87. The van der Waals surface area contributed by atoms with E-state index in [0.717, 1.165) is 25.4 Å². The zero-order valence-corrected chi connectivity index (χ0v) is 10.0. The second-order valence-corrected chi connectivity index (χ2v) is 4.43. The van der Waals surface area contributed by atoms with E-state index in [1.807, 2.05) is 12.1 Å². The highest BCUT2D eigenvalue weighted by Crippen LogP contribution is 2.25. The SMILES string of the molecule is CCN1CC(c2ccc(N)cc2)OC[C@@H]1C. The lowest BCUT2D eigenvalue weighted by Crippen LogP contribution is -2.44. The third-order valence-electron chi connectivity index (χ3n) is 3.28. The molecule has 3 nitrogen and oxygen atoms in total. The third-order valence-corrected chi connectivity index (χ3v) is 3.28. The lowest BCUT2D eigenvalue weighted by molar-refractivity contribution is -0.0580. The number of anilines is 1. The van der Waals surface area contributed by atoms with Gasteiger partial charge in [0.15, 0.2) is 0 Å². The molecule has 3 heteroatoms. The number of nitrogen functional groups attached to an aromatic ring is 1. The van der Waals surface area contributed by atoms with E-state index in [9.17, 15) is 0 Å². The van der Waals surface area contributed by atoms with Crippen LogP contribution in [0.5, 0.6) is 0 Å². The standard InChI is InChI=1S/C13H20N2O/c1-3-15-8-13(16-9-10(15)2)11-4-6-12(14)7-5-11/h4-7,10,13H,3,8-9,14H2,1-2H3/t10-,13?/m0/s1. The Labute approximate surface area is 97.2 Å². The zero-order valence-electron chi connectivity index (χ0n) is 10.0. The molecule has 2 rings (SSSR count). The molecule has 1 aliphatic rings. The molecular weight excluding hydrogens is 200 g/mol. The smallest absolute Gasteiger partial charge is 0.0952 e. The van der Waals surface area contributed by atoms with Crippen molar-refractivity contribution in [3.8, 4) is 0 Å². The molecule has 0 aliphatic carbocycles. The number of hydrogen-bond donors (Lipinski definition) is 1. The molecule has 16 heavy (non-hydrogen) atoms. The first-order valence-electron chi connectivity index (χ1n) is 5.91. The van der Waals surface area contributed by atoms with Crippen LogP contribution in [0.4, 0.5) is 5.69 Å². The Bertz CT molecular complexity index is 336. The number of likely N-dealkylation sites (N-methyl/N-ethyl adjacent to an activating group) is 1. The Morgan fingerprint density at radius 2 is 2.06 bits per heavy atom. The molecule has 0 radical (unpaired) electrons. The first kappa shape index (κ1) is 11.4. The van der Waals surface area contributed by atoms with E-state index >= 15 is 0 Å². The first-order chi connectivity index (χ1) is 7.70. The lowest BCUT2D eigenvalue weighted by atomic mass is 10.1. The van der Waals surface area contributed by atoms with Crippen molar-refractivity contribution in [2.45, 2.75) is 26.0 Å². The Balaban J connectivity index is 2.08. The molecule has 2 N–H and O–H groups in total. The summed E-state index contributed by atoms with van der Waals surface area (Å²) in [5, 5.41) is 0. The van der Waals surface area contributed by atoms with Crippen LogP contribution >= 0.6 is 0 Å². The quantitative estimate of drug-likeness (QED) is 0.775. The minimum atomic E-state index is 0.191. The highest BCUT2D eigenvalue weighted by atomic mass is 16.5. The zero-order chi connectivity index (χ0) is 11.5. The third kappa shape index (κ3) is 2.36. The van der Waals surface area contributed by atoms with Gasteiger partial charge in [-0.3, -0.25) is 4.90 Å². The van der Waals surface area contributed by atoms with Crippen LogP contribution in [0.25, 0.3) is 0 Å². The molecule has 88 valence electrons. The molecule has 0 bridgehead atoms. The van der Waals surface area contributed by atoms with Gasteiger partial charge < -0.3 is 10.5 Å². The molecule has 0 spiro atoms. The topological polar surface area (TPSA) is 38.5 Å². The molecule has 1 aliphatic heterocycles. The van der Waals surface area contributed by atoms with Crippen molar-refractivity contribution >= 4 is 5.69 Å². The number of nitrogens with two attached hydrogens (primary N) is 1. The van der Waals surface area contributed by atoms with Gasteiger partial charge in [-0.05, 0) is 31.2 Å². The summed E-state index contributed by atoms with van der Waals surface area (Å²) in [5.41, 5.74) is 7.71. The molecule has 1 saturated heterocycles. The van der Waals surface area contributed by atoms with E-state index in [0.29, 0.717) is 6.04 Å². The fourth-order valence-electron chi connectivity index (χ4n) is 2.16. The predicted molar refractivity (Wildman–Crippen MR) is 66.3 cm³/mol. The van der Waals surface area contributed by atoms with Crippen LogP contribution in [-0.4, -0.2) is 30.6 Å². The number of rotatable bonds is 2. The van der Waals surface area contributed by atoms with Crippen molar-refractivity contribution in [2.24, 2.45) is 0 Å². The molecule has 0 amide bonds. The Morgan fingerprint density at radius 1 is 1.38 bits per heavy atom. The van der Waals surface area contributed by atoms with Crippen molar-refractivity contribution in [1.82, 2.24) is 4.90 Å². The maximum absolute atomic E-state index is 5.87. The molecule has 0 aromatic heterocycles. The maximum atomic E-state index is 5.87. The normalized spacial score (nSPS) is 26.9. The van der Waals surface area contributed by atoms with Crippen LogP contribution < -0.4 is 5.73 Å². The van der Waals surface area contributed by atoms with Crippen LogP contribution in [0.3, 0.4) is 0 Å². The van der Waals surface area contributed by atoms with E-state index in [-0.39, 0.29) is 6.10 Å². The molecule has 0 saturated carbocycles. The van der Waals surface area contributed by atoms with Crippen molar-refractivity contribution in [3.63, 3.8) is 0 Å². The van der Waals surface area contributed by atoms with Gasteiger partial charge in [0.25, 0.3) is 0 Å². The van der Waals surface area contributed by atoms with Gasteiger partial charge in [-0.2, -0.15) is 0 Å². The summed E-state index contributed by atoms with van der Waals surface area (Å²) in [6.07, 6.45) is 0.191. The van der Waals surface area contributed by atoms with Crippen molar-refractivity contribution in [1.29, 1.82) is 0 Å². The van der Waals surface area contributed by atoms with E-state index in [1.54, 1.807) is 0 Å². The summed E-state index contributed by atoms with van der Waals surface area (Å²) in [6.45, 7) is 7.27. The summed E-state index contributed by atoms with van der Waals surface area (Å²) >= 11 is 0. The van der Waals surface area contributed by atoms with E-state index in [4.69, 9.17) is 10.5 Å². The Kier molecular flexibility index (Phi) is 3.46. The van der Waals surface area contributed by atoms with E-state index < -0.39 is 0 Å². The Morgan fingerprint density at radius 3 is 2.69 bits per heavy atom. The van der Waals surface area contributed by atoms with E-state index in [1.165, 1.54) is 5.56 Å². The second kappa shape index (κ2) is 4.85. The molecule has 1 aromatic carbocycles. The summed E-state index contributed by atoms with van der Waals surface area (Å²) in [6, 6.07) is 8.52. The fraction of sp³-hybridized carbons (Fsp3) is 0.538. The number of nitrogens with zero attached hydrogens (tertiary/aromatic N) is 1. The van der Waals surface area contributed by atoms with Gasteiger partial charge in [-0.25, -0.2) is 0 Å². The second-order valence-electron chi connectivity index (χ2n) is 4.43. The van der Waals surface area contributed by atoms with Crippen LogP contribution in [0, 0.1) is 0 Å². The van der Waals surface area contributed by atoms with Gasteiger partial charge in [-0.1, -0.05) is 19.1 Å². The molecule has 1 fully saturated rings. The number of benzene rings is 1. The summed E-state index contributed by atoms with van der Waals surface area (Å²) in [7, 11) is 0. The van der Waals surface area contributed by atoms with Crippen LogP contribution in [-0.2, 0) is 4.74 Å². The van der Waals surface area contributed by atoms with Crippen LogP contribution in [0.2, 0.25) is 0 Å². The van der Waals surface area contributed by atoms with Crippen molar-refractivity contribution in [3.05, 3.63) is 29.8 Å². The van der Waals surface area contributed by atoms with E-state index in [2.05, 4.69) is 30.9 Å². The number of ether oxygens (including phenoxy) is 1. The van der Waals surface area contributed by atoms with Gasteiger partial charge in [0.2, 0.25) is 0 Å². The monoisotopic (exact) mass is 220 g/mol. The molecular formula is C13H20N2O. The minimum Gasteiger partial charge on any atom is -0.399 e. The molecule has 1 unspecified atom stereocenters. The summed E-state index contributed by atoms with van der Waals surface area (Å²) in [5.74, 6) is 0. The average Bonchev–Trinajstić information content (AvgIpc) is 2.31. The fourth-order valence-corrected chi connectivity index (χ4v) is 2.16. The minimum absolute atomic E-state index is 0.191. The lowest BCUT2D eigenvalue weighted by Gasteiger charge is -2.37.